The van der Waals surface area contributed by atoms with Crippen molar-refractivity contribution in [2.45, 2.75) is 154 Å². The van der Waals surface area contributed by atoms with Gasteiger partial charge in [-0.25, -0.2) is 38.5 Å². The molecule has 0 bridgehead atoms. The van der Waals surface area contributed by atoms with Crippen molar-refractivity contribution in [3.8, 4) is 0 Å². The fraction of sp³-hybridized carbons (Fsp3) is 0.692. The number of hydrogen-bond acceptors (Lipinski definition) is 46. The first-order valence-electron chi connectivity index (χ1n) is 31.8. The molecule has 0 spiro atoms. The predicted octanol–water partition coefficient (Wildman–Crippen LogP) is -7.84. The first-order chi connectivity index (χ1) is 50.4. The van der Waals surface area contributed by atoms with Crippen molar-refractivity contribution in [2.75, 3.05) is 75.6 Å². The summed E-state index contributed by atoms with van der Waals surface area (Å²) in [5, 5.41) is 70.7. The Balaban J connectivity index is 0.000000394. The third-order valence-corrected chi connectivity index (χ3v) is 23.5. The van der Waals surface area contributed by atoms with Gasteiger partial charge in [0.1, 0.15) is 78.1 Å². The largest absolute Gasteiger partial charge is 0.790 e. The number of imidazole rings is 2. The molecule has 2 saturated heterocycles. The summed E-state index contributed by atoms with van der Waals surface area (Å²) in [5.74, 6) is -2.84. The number of rotatable bonds is 41. The normalized spacial score (nSPS) is 23.7. The summed E-state index contributed by atoms with van der Waals surface area (Å²) in [4.78, 5) is 192. The molecule has 110 heavy (non-hydrogen) atoms. The highest BCUT2D eigenvalue weighted by atomic mass is 32.2. The molecular formula is C52H80N14O36P6S2-8. The SMILES string of the molecule is CC(C)(O)C(=O)SCCNC(=O)CCNC(=O)C(O)C(C)(C)COP(=O)([O-])OP(=O)([O-])OCC1OC(C)(n2cnc3c(N)ncnc32)C(O)C1OP(=O)([O-])[O-].C[C@@H](O)CC(=O)SCCNC(=O)CCNC(=O)C(O)C(C)(C)COP(=O)([O-])OP(=O)([O-])OCC1OC(C)(n2cnc3c(N)ncnc32)C(O)C1OP(=O)([O-])[O-]. The molecule has 6 heterocycles. The van der Waals surface area contributed by atoms with Crippen LogP contribution < -0.4 is 71.9 Å². The van der Waals surface area contributed by atoms with Gasteiger partial charge in [-0.15, -0.1) is 0 Å². The van der Waals surface area contributed by atoms with E-state index in [1.807, 2.05) is 0 Å². The van der Waals surface area contributed by atoms with E-state index in [0.717, 1.165) is 58.0 Å². The molecule has 2 aliphatic rings. The molecule has 50 nitrogen and oxygen atoms in total. The summed E-state index contributed by atoms with van der Waals surface area (Å²) in [6, 6.07) is 0. The minimum Gasteiger partial charge on any atom is -0.790 e. The van der Waals surface area contributed by atoms with E-state index in [2.05, 4.69) is 86.9 Å². The van der Waals surface area contributed by atoms with Crippen LogP contribution in [0.4, 0.5) is 11.6 Å². The number of nitrogens with zero attached hydrogens (tertiary/aromatic N) is 8. The maximum Gasteiger partial charge on any atom is 0.274 e. The van der Waals surface area contributed by atoms with Crippen LogP contribution in [0.15, 0.2) is 25.3 Å². The Morgan fingerprint density at radius 1 is 0.573 bits per heavy atom. The lowest BCUT2D eigenvalue weighted by Gasteiger charge is -2.36. The number of aliphatic hydroxyl groups excluding tert-OH is 5. The molecule has 2 aliphatic heterocycles. The minimum atomic E-state index is -5.94. The van der Waals surface area contributed by atoms with Crippen molar-refractivity contribution in [3.63, 3.8) is 0 Å². The summed E-state index contributed by atoms with van der Waals surface area (Å²) in [5.41, 5.74) is 2.43. The van der Waals surface area contributed by atoms with E-state index in [1.54, 1.807) is 0 Å². The highest BCUT2D eigenvalue weighted by molar-refractivity contribution is 8.14. The number of nitrogens with one attached hydrogen (secondary N) is 4. The van der Waals surface area contributed by atoms with Gasteiger partial charge in [0.05, 0.1) is 60.8 Å². The molecule has 0 radical (unpaired) electrons. The van der Waals surface area contributed by atoms with Crippen molar-refractivity contribution < 1.29 is 171 Å². The van der Waals surface area contributed by atoms with E-state index in [0.29, 0.717) is 0 Å². The first kappa shape index (κ1) is 95.6. The van der Waals surface area contributed by atoms with Gasteiger partial charge in [0.2, 0.25) is 28.7 Å². The van der Waals surface area contributed by atoms with Gasteiger partial charge in [-0.05, 0) is 34.6 Å². The minimum absolute atomic E-state index is 0.0295. The van der Waals surface area contributed by atoms with Gasteiger partial charge in [0.15, 0.2) is 39.5 Å². The number of anilines is 2. The van der Waals surface area contributed by atoms with Crippen LogP contribution in [0.2, 0.25) is 0 Å². The van der Waals surface area contributed by atoms with Crippen LogP contribution in [0.1, 0.15) is 81.6 Å². The fourth-order valence-corrected chi connectivity index (χ4v) is 16.6. The molecule has 624 valence electrons. The number of phosphoric acid groups is 6. The molecular weight excluding hydrogens is 1650 g/mol. The number of amides is 4. The summed E-state index contributed by atoms with van der Waals surface area (Å²) in [7, 11) is -35.3. The zero-order valence-corrected chi connectivity index (χ0v) is 66.4. The maximum absolute atomic E-state index is 12.5. The highest BCUT2D eigenvalue weighted by Gasteiger charge is 2.57. The quantitative estimate of drug-likeness (QED) is 0.0145. The van der Waals surface area contributed by atoms with Crippen LogP contribution >= 0.6 is 70.5 Å². The number of aliphatic hydroxyl groups is 6. The van der Waals surface area contributed by atoms with Crippen molar-refractivity contribution in [1.82, 2.24) is 60.3 Å². The van der Waals surface area contributed by atoms with Crippen molar-refractivity contribution in [2.24, 2.45) is 10.8 Å². The molecule has 0 aliphatic carbocycles. The zero-order valence-electron chi connectivity index (χ0n) is 59.4. The smallest absolute Gasteiger partial charge is 0.274 e. The van der Waals surface area contributed by atoms with E-state index in [4.69, 9.17) is 20.9 Å². The molecule has 4 aromatic heterocycles. The van der Waals surface area contributed by atoms with Gasteiger partial charge in [-0.2, -0.15) is 0 Å². The monoisotopic (exact) mass is 1730 g/mol. The van der Waals surface area contributed by atoms with Crippen molar-refractivity contribution >= 4 is 138 Å². The Morgan fingerprint density at radius 2 is 0.927 bits per heavy atom. The number of phosphoric ester groups is 6. The summed E-state index contributed by atoms with van der Waals surface area (Å²) in [6.45, 7) is 6.26. The molecule has 2 fully saturated rings. The average molecular weight is 1730 g/mol. The second kappa shape index (κ2) is 38.7. The topological polar surface area (TPSA) is 790 Å². The van der Waals surface area contributed by atoms with Crippen molar-refractivity contribution in [1.29, 1.82) is 0 Å². The Bertz CT molecular complexity index is 4210. The van der Waals surface area contributed by atoms with Crippen molar-refractivity contribution in [3.05, 3.63) is 25.3 Å². The number of ether oxygens (including phenoxy) is 2. The fourth-order valence-electron chi connectivity index (χ4n) is 9.63. The number of nitrogen functional groups attached to an aromatic ring is 2. The molecule has 0 saturated carbocycles. The van der Waals surface area contributed by atoms with E-state index < -0.39 is 185 Å². The predicted molar refractivity (Wildman–Crippen MR) is 358 cm³/mol. The van der Waals surface area contributed by atoms with Gasteiger partial charge in [0.25, 0.3) is 31.3 Å². The summed E-state index contributed by atoms with van der Waals surface area (Å²) >= 11 is 1.74. The van der Waals surface area contributed by atoms with E-state index in [9.17, 15) is 126 Å². The maximum atomic E-state index is 12.5. The third-order valence-electron chi connectivity index (χ3n) is 15.4. The second-order valence-electron chi connectivity index (χ2n) is 26.1. The van der Waals surface area contributed by atoms with Gasteiger partial charge >= 0.3 is 0 Å². The van der Waals surface area contributed by atoms with Gasteiger partial charge in [0, 0.05) is 67.8 Å². The number of carbonyl (C=O) groups excluding carboxylic acids is 6. The number of nitrogens with two attached hydrogens (primary N) is 2. The highest BCUT2D eigenvalue weighted by Crippen LogP contribution is 2.58. The lowest BCUT2D eigenvalue weighted by molar-refractivity contribution is -0.349. The third kappa shape index (κ3) is 28.2. The van der Waals surface area contributed by atoms with E-state index in [1.165, 1.54) is 62.3 Å². The van der Waals surface area contributed by atoms with E-state index in [-0.39, 0.29) is 96.0 Å². The Morgan fingerprint density at radius 3 is 1.27 bits per heavy atom. The number of aromatic nitrogens is 8. The number of thioether (sulfide) groups is 2. The zero-order chi connectivity index (χ0) is 83.4. The van der Waals surface area contributed by atoms with Gasteiger partial charge in [-0.3, -0.25) is 56.2 Å². The molecule has 6 rings (SSSR count). The molecule has 14 unspecified atom stereocenters. The van der Waals surface area contributed by atoms with Crippen LogP contribution in [-0.2, 0) is 113 Å². The molecule has 0 aromatic carbocycles. The van der Waals surface area contributed by atoms with Gasteiger partial charge < -0.3 is 148 Å². The van der Waals surface area contributed by atoms with Crippen LogP contribution in [0, 0.1) is 10.8 Å². The molecule has 58 heteroatoms. The number of fused-ring (bicyclic) bond motifs is 2. The lowest BCUT2D eigenvalue weighted by atomic mass is 9.87. The first-order valence-corrected chi connectivity index (χ1v) is 42.5. The Labute approximate surface area is 632 Å². The van der Waals surface area contributed by atoms with Crippen LogP contribution in [0.25, 0.3) is 22.3 Å². The lowest BCUT2D eigenvalue weighted by Crippen LogP contribution is -2.46. The molecule has 4 aromatic rings. The van der Waals surface area contributed by atoms with Gasteiger partial charge in [-0.1, -0.05) is 51.2 Å². The number of hydrogen-bond donors (Lipinski definition) is 12. The summed E-state index contributed by atoms with van der Waals surface area (Å²) < 4.78 is 122. The van der Waals surface area contributed by atoms with Crippen LogP contribution in [-0.4, -0.2) is 228 Å². The Kier molecular flexibility index (Phi) is 33.6. The average Bonchev–Trinajstić information content (AvgIpc) is 1.59. The molecule has 14 N–H and O–H groups in total. The molecule has 4 amide bonds. The van der Waals surface area contributed by atoms with Crippen LogP contribution in [0.3, 0.4) is 0 Å². The molecule has 15 atom stereocenters. The second-order valence-corrected chi connectivity index (χ2v) is 36.4. The van der Waals surface area contributed by atoms with Crippen LogP contribution in [0.5, 0.6) is 0 Å². The van der Waals surface area contributed by atoms with E-state index >= 15 is 0 Å². The number of carbonyl (C=O) groups is 6. The summed E-state index contributed by atoms with van der Waals surface area (Å²) in [6.07, 6.45) is -13.2. The standard InChI is InChI=1S/2C26H44N7O18P3S/c1-24(2,19(36)22(37)29-7-6-15(34)28-8-9-55-23(38)25(3,4)39)11-48-54(45,46)51-53(43,44)47-10-14-17(50-52(40,41)42)18(35)26(5,49-14)33-13-32-16-20(27)30-12-31-21(16)33;1-14(34)9-17(36)55-8-7-28-16(35)5-6-29-24(39)21(38)25(2,3)11-48-54(45,46)51-53(43,44)47-10-15-19(50-52(40,41)42)20(37)26(4,49-15)33-13-32-18-22(27)30-12-31-23(18)33/h12-14,17-19,35-36,39H,6-11H2,1-5H3,(H,28,34)(H,29,37)(H,43,44)(H,45,46)(H2,27,30,31)(H2,40,41,42);12-15,19-21,34,37-38H,5-11H2,1-4H3,(H,28,35)(H,29,39)(H,43,44)(H,45,46)(H2,27,30,31)(H2,40,41,42)/p-8/t;14-,15?,19?,20?,21?,26?/m.1/s1. The Hall–Kier alpha value is -4.96.